The molecule has 0 saturated carbocycles. The molecule has 0 spiro atoms. The molecule has 1 N–H and O–H groups in total. The third kappa shape index (κ3) is 2.64. The minimum absolute atomic E-state index is 0.0205. The Balaban J connectivity index is 2.25. The van der Waals surface area contributed by atoms with Gasteiger partial charge in [0, 0.05) is 29.7 Å². The molecule has 0 fully saturated rings. The van der Waals surface area contributed by atoms with Crippen molar-refractivity contribution < 1.29 is 9.59 Å². The summed E-state index contributed by atoms with van der Waals surface area (Å²) in [5.41, 5.74) is 3.82. The van der Waals surface area contributed by atoms with E-state index in [9.17, 15) is 9.59 Å². The normalized spacial score (nSPS) is 10.4. The molecule has 1 heterocycles. The van der Waals surface area contributed by atoms with Crippen LogP contribution in [0.3, 0.4) is 0 Å². The van der Waals surface area contributed by atoms with E-state index < -0.39 is 0 Å². The number of carbonyl (C=O) groups is 2. The quantitative estimate of drug-likeness (QED) is 0.871. The van der Waals surface area contributed by atoms with E-state index in [4.69, 9.17) is 0 Å². The van der Waals surface area contributed by atoms with E-state index >= 15 is 0 Å². The highest BCUT2D eigenvalue weighted by Crippen LogP contribution is 2.17. The summed E-state index contributed by atoms with van der Waals surface area (Å²) < 4.78 is 1.97. The van der Waals surface area contributed by atoms with E-state index in [1.807, 2.05) is 31.5 Å². The first-order valence-corrected chi connectivity index (χ1v) is 6.45. The third-order valence-corrected chi connectivity index (χ3v) is 3.55. The van der Waals surface area contributed by atoms with E-state index in [2.05, 4.69) is 5.32 Å². The molecule has 104 valence electrons. The summed E-state index contributed by atoms with van der Waals surface area (Å²) in [4.78, 5) is 23.6. The summed E-state index contributed by atoms with van der Waals surface area (Å²) in [7, 11) is 1.93. The molecule has 0 bridgehead atoms. The highest BCUT2D eigenvalue weighted by atomic mass is 16.1. The van der Waals surface area contributed by atoms with Gasteiger partial charge in [-0.25, -0.2) is 0 Å². The molecule has 1 amide bonds. The van der Waals surface area contributed by atoms with Crippen LogP contribution in [0.2, 0.25) is 0 Å². The van der Waals surface area contributed by atoms with E-state index in [1.165, 1.54) is 6.92 Å². The average Bonchev–Trinajstić information content (AvgIpc) is 2.67. The molecule has 2 aromatic rings. The maximum Gasteiger partial charge on any atom is 0.257 e. The second-order valence-corrected chi connectivity index (χ2v) is 4.93. The van der Waals surface area contributed by atoms with Gasteiger partial charge in [0.1, 0.15) is 0 Å². The van der Waals surface area contributed by atoms with Crippen molar-refractivity contribution in [2.24, 2.45) is 7.05 Å². The molecule has 0 saturated heterocycles. The highest BCUT2D eigenvalue weighted by Gasteiger charge is 2.14. The molecule has 0 unspecified atom stereocenters. The Bertz CT molecular complexity index is 684. The predicted octanol–water partition coefficient (Wildman–Crippen LogP) is 3.10. The van der Waals surface area contributed by atoms with Gasteiger partial charge in [-0.05, 0) is 39.0 Å². The van der Waals surface area contributed by atoms with Crippen molar-refractivity contribution in [3.05, 3.63) is 52.8 Å². The summed E-state index contributed by atoms with van der Waals surface area (Å²) in [5, 5.41) is 2.83. The van der Waals surface area contributed by atoms with Gasteiger partial charge in [-0.1, -0.05) is 12.1 Å². The van der Waals surface area contributed by atoms with Crippen molar-refractivity contribution in [1.29, 1.82) is 0 Å². The fourth-order valence-corrected chi connectivity index (χ4v) is 2.10. The number of Topliss-reactive ketones (excluding diaryl/α,β-unsaturated/α-hetero) is 1. The predicted molar refractivity (Wildman–Crippen MR) is 79.3 cm³/mol. The number of nitrogens with one attached hydrogen (secondary N) is 1. The van der Waals surface area contributed by atoms with Crippen LogP contribution in [0.25, 0.3) is 0 Å². The minimum Gasteiger partial charge on any atom is -0.351 e. The molecule has 0 aliphatic carbocycles. The molecular weight excluding hydrogens is 252 g/mol. The van der Waals surface area contributed by atoms with Crippen LogP contribution >= 0.6 is 0 Å². The lowest BCUT2D eigenvalue weighted by Gasteiger charge is -2.06. The van der Waals surface area contributed by atoms with Crippen LogP contribution in [-0.2, 0) is 7.05 Å². The van der Waals surface area contributed by atoms with Crippen molar-refractivity contribution in [1.82, 2.24) is 4.57 Å². The second kappa shape index (κ2) is 5.33. The first-order chi connectivity index (χ1) is 9.40. The summed E-state index contributed by atoms with van der Waals surface area (Å²) in [6.45, 7) is 5.37. The molecule has 20 heavy (non-hydrogen) atoms. The van der Waals surface area contributed by atoms with Crippen molar-refractivity contribution in [3.8, 4) is 0 Å². The minimum atomic E-state index is -0.160. The summed E-state index contributed by atoms with van der Waals surface area (Å²) >= 11 is 0. The smallest absolute Gasteiger partial charge is 0.257 e. The maximum absolute atomic E-state index is 12.3. The fraction of sp³-hybridized carbons (Fsp3) is 0.250. The second-order valence-electron chi connectivity index (χ2n) is 4.93. The Hall–Kier alpha value is -2.36. The summed E-state index contributed by atoms with van der Waals surface area (Å²) in [5.74, 6) is -0.181. The monoisotopic (exact) mass is 270 g/mol. The number of anilines is 1. The third-order valence-electron chi connectivity index (χ3n) is 3.55. The Morgan fingerprint density at radius 3 is 2.40 bits per heavy atom. The van der Waals surface area contributed by atoms with Crippen molar-refractivity contribution in [3.63, 3.8) is 0 Å². The number of benzene rings is 1. The lowest BCUT2D eigenvalue weighted by atomic mass is 10.1. The van der Waals surface area contributed by atoms with E-state index in [0.29, 0.717) is 16.8 Å². The number of aromatic nitrogens is 1. The van der Waals surface area contributed by atoms with Crippen LogP contribution < -0.4 is 5.32 Å². The zero-order valence-electron chi connectivity index (χ0n) is 12.2. The standard InChI is InChI=1S/C16H18N2O2/c1-10-8-15(11(2)18(10)4)16(20)17-14-7-5-6-13(9-14)12(3)19/h5-9H,1-4H3,(H,17,20). The highest BCUT2D eigenvalue weighted by molar-refractivity contribution is 6.06. The van der Waals surface area contributed by atoms with Gasteiger partial charge in [-0.15, -0.1) is 0 Å². The van der Waals surface area contributed by atoms with Crippen LogP contribution in [0.4, 0.5) is 5.69 Å². The van der Waals surface area contributed by atoms with Crippen LogP contribution in [0, 0.1) is 13.8 Å². The first kappa shape index (κ1) is 14.1. The molecular formula is C16H18N2O2. The largest absolute Gasteiger partial charge is 0.351 e. The molecule has 0 aliphatic rings. The van der Waals surface area contributed by atoms with Gasteiger partial charge in [-0.3, -0.25) is 9.59 Å². The van der Waals surface area contributed by atoms with Gasteiger partial charge < -0.3 is 9.88 Å². The number of nitrogens with zero attached hydrogens (tertiary/aromatic N) is 1. The van der Waals surface area contributed by atoms with Gasteiger partial charge in [0.25, 0.3) is 5.91 Å². The fourth-order valence-electron chi connectivity index (χ4n) is 2.10. The molecule has 2 rings (SSSR count). The van der Waals surface area contributed by atoms with Crippen molar-refractivity contribution in [2.45, 2.75) is 20.8 Å². The number of hydrogen-bond donors (Lipinski definition) is 1. The molecule has 1 aromatic carbocycles. The number of carbonyl (C=O) groups excluding carboxylic acids is 2. The summed E-state index contributed by atoms with van der Waals surface area (Å²) in [6.07, 6.45) is 0. The zero-order valence-corrected chi connectivity index (χ0v) is 12.2. The SMILES string of the molecule is CC(=O)c1cccc(NC(=O)c2cc(C)n(C)c2C)c1. The maximum atomic E-state index is 12.3. The Kier molecular flexibility index (Phi) is 3.74. The molecule has 4 heteroatoms. The van der Waals surface area contributed by atoms with Crippen LogP contribution in [-0.4, -0.2) is 16.3 Å². The first-order valence-electron chi connectivity index (χ1n) is 6.45. The number of amides is 1. The number of aryl methyl sites for hydroxylation is 1. The Morgan fingerprint density at radius 2 is 1.85 bits per heavy atom. The molecule has 0 radical (unpaired) electrons. The molecule has 0 aliphatic heterocycles. The number of rotatable bonds is 3. The van der Waals surface area contributed by atoms with Crippen LogP contribution in [0.1, 0.15) is 39.0 Å². The lowest BCUT2D eigenvalue weighted by Crippen LogP contribution is -2.13. The Morgan fingerprint density at radius 1 is 1.15 bits per heavy atom. The summed E-state index contributed by atoms with van der Waals surface area (Å²) in [6, 6.07) is 8.81. The number of hydrogen-bond acceptors (Lipinski definition) is 2. The lowest BCUT2D eigenvalue weighted by molar-refractivity contribution is 0.101. The molecule has 0 atom stereocenters. The van der Waals surface area contributed by atoms with Gasteiger partial charge in [0.15, 0.2) is 5.78 Å². The zero-order chi connectivity index (χ0) is 14.9. The van der Waals surface area contributed by atoms with Gasteiger partial charge in [0.05, 0.1) is 5.56 Å². The van der Waals surface area contributed by atoms with Gasteiger partial charge >= 0.3 is 0 Å². The number of ketones is 1. The average molecular weight is 270 g/mol. The van der Waals surface area contributed by atoms with E-state index in [1.54, 1.807) is 24.3 Å². The molecule has 1 aromatic heterocycles. The molecule has 4 nitrogen and oxygen atoms in total. The Labute approximate surface area is 118 Å². The van der Waals surface area contributed by atoms with Crippen LogP contribution in [0.5, 0.6) is 0 Å². The van der Waals surface area contributed by atoms with Crippen molar-refractivity contribution in [2.75, 3.05) is 5.32 Å². The van der Waals surface area contributed by atoms with Crippen LogP contribution in [0.15, 0.2) is 30.3 Å². The van der Waals surface area contributed by atoms with Crippen molar-refractivity contribution >= 4 is 17.4 Å². The van der Waals surface area contributed by atoms with E-state index in [0.717, 1.165) is 11.4 Å². The topological polar surface area (TPSA) is 51.1 Å². The van der Waals surface area contributed by atoms with E-state index in [-0.39, 0.29) is 11.7 Å². The van der Waals surface area contributed by atoms with Gasteiger partial charge in [0.2, 0.25) is 0 Å². The van der Waals surface area contributed by atoms with Gasteiger partial charge in [-0.2, -0.15) is 0 Å².